The maximum absolute atomic E-state index is 12.2. The van der Waals surface area contributed by atoms with E-state index in [1.807, 2.05) is 13.8 Å². The SMILES string of the molecule is CC(C)c1ccc(S(=O)(=O)N[C@@H]2CS(=O)(=O)C[C@H]2O)cc1. The highest BCUT2D eigenvalue weighted by Gasteiger charge is 2.38. The van der Waals surface area contributed by atoms with Crippen molar-refractivity contribution in [3.8, 4) is 0 Å². The predicted molar refractivity (Wildman–Crippen MR) is 79.3 cm³/mol. The van der Waals surface area contributed by atoms with E-state index in [0.29, 0.717) is 0 Å². The molecule has 0 aromatic heterocycles. The highest BCUT2D eigenvalue weighted by Crippen LogP contribution is 2.19. The number of benzene rings is 1. The Morgan fingerprint density at radius 1 is 1.19 bits per heavy atom. The lowest BCUT2D eigenvalue weighted by Gasteiger charge is -2.15. The van der Waals surface area contributed by atoms with Gasteiger partial charge in [-0.25, -0.2) is 21.6 Å². The number of hydrogen-bond acceptors (Lipinski definition) is 5. The maximum atomic E-state index is 12.2. The van der Waals surface area contributed by atoms with Gasteiger partial charge in [-0.2, -0.15) is 0 Å². The van der Waals surface area contributed by atoms with E-state index in [2.05, 4.69) is 4.72 Å². The summed E-state index contributed by atoms with van der Waals surface area (Å²) in [5, 5.41) is 9.65. The molecule has 0 saturated carbocycles. The summed E-state index contributed by atoms with van der Waals surface area (Å²) < 4.78 is 49.5. The second-order valence-corrected chi connectivity index (χ2v) is 9.46. The lowest BCUT2D eigenvalue weighted by molar-refractivity contribution is 0.176. The molecular formula is C13H19NO5S2. The largest absolute Gasteiger partial charge is 0.390 e. The zero-order valence-electron chi connectivity index (χ0n) is 11.9. The Hall–Kier alpha value is -0.960. The molecule has 1 saturated heterocycles. The number of nitrogens with one attached hydrogen (secondary N) is 1. The van der Waals surface area contributed by atoms with E-state index in [1.54, 1.807) is 12.1 Å². The molecule has 0 unspecified atom stereocenters. The van der Waals surface area contributed by atoms with Crippen LogP contribution in [0.4, 0.5) is 0 Å². The number of hydrogen-bond donors (Lipinski definition) is 2. The summed E-state index contributed by atoms with van der Waals surface area (Å²) in [6.07, 6.45) is -1.21. The third kappa shape index (κ3) is 3.82. The monoisotopic (exact) mass is 333 g/mol. The van der Waals surface area contributed by atoms with E-state index in [9.17, 15) is 21.9 Å². The van der Waals surface area contributed by atoms with Gasteiger partial charge < -0.3 is 5.11 Å². The van der Waals surface area contributed by atoms with Gasteiger partial charge in [-0.3, -0.25) is 0 Å². The molecule has 2 rings (SSSR count). The average Bonchev–Trinajstić information content (AvgIpc) is 2.61. The lowest BCUT2D eigenvalue weighted by atomic mass is 10.0. The fourth-order valence-electron chi connectivity index (χ4n) is 2.24. The van der Waals surface area contributed by atoms with Crippen LogP contribution in [0.3, 0.4) is 0 Å². The summed E-state index contributed by atoms with van der Waals surface area (Å²) in [5.41, 5.74) is 1.01. The van der Waals surface area contributed by atoms with Gasteiger partial charge in [0.1, 0.15) is 0 Å². The van der Waals surface area contributed by atoms with Crippen molar-refractivity contribution in [3.05, 3.63) is 29.8 Å². The van der Waals surface area contributed by atoms with E-state index >= 15 is 0 Å². The molecule has 2 atom stereocenters. The predicted octanol–water partition coefficient (Wildman–Crippen LogP) is 0.246. The molecule has 8 heteroatoms. The summed E-state index contributed by atoms with van der Waals surface area (Å²) in [4.78, 5) is 0.0587. The molecule has 118 valence electrons. The smallest absolute Gasteiger partial charge is 0.240 e. The first kappa shape index (κ1) is 16.4. The third-order valence-corrected chi connectivity index (χ3v) is 6.71. The van der Waals surface area contributed by atoms with Crippen molar-refractivity contribution in [2.45, 2.75) is 36.8 Å². The van der Waals surface area contributed by atoms with E-state index in [4.69, 9.17) is 0 Å². The quantitative estimate of drug-likeness (QED) is 0.822. The van der Waals surface area contributed by atoms with E-state index in [0.717, 1.165) is 5.56 Å². The van der Waals surface area contributed by atoms with Crippen LogP contribution >= 0.6 is 0 Å². The Balaban J connectivity index is 2.19. The van der Waals surface area contributed by atoms with Crippen molar-refractivity contribution < 1.29 is 21.9 Å². The lowest BCUT2D eigenvalue weighted by Crippen LogP contribution is -2.42. The summed E-state index contributed by atoms with van der Waals surface area (Å²) in [7, 11) is -7.24. The fourth-order valence-corrected chi connectivity index (χ4v) is 5.36. The number of rotatable bonds is 4. The molecule has 0 radical (unpaired) electrons. The van der Waals surface area contributed by atoms with Crippen LogP contribution in [-0.4, -0.2) is 45.6 Å². The molecule has 0 spiro atoms. The van der Waals surface area contributed by atoms with Crippen molar-refractivity contribution in [3.63, 3.8) is 0 Å². The summed E-state index contributed by atoms with van der Waals surface area (Å²) in [6.45, 7) is 4.00. The summed E-state index contributed by atoms with van der Waals surface area (Å²) >= 11 is 0. The molecule has 2 N–H and O–H groups in total. The second-order valence-electron chi connectivity index (χ2n) is 5.60. The molecule has 21 heavy (non-hydrogen) atoms. The Morgan fingerprint density at radius 2 is 1.76 bits per heavy atom. The van der Waals surface area contributed by atoms with Crippen LogP contribution in [-0.2, 0) is 19.9 Å². The van der Waals surface area contributed by atoms with Crippen molar-refractivity contribution in [2.75, 3.05) is 11.5 Å². The minimum absolute atomic E-state index is 0.0587. The van der Waals surface area contributed by atoms with Gasteiger partial charge >= 0.3 is 0 Å². The van der Waals surface area contributed by atoms with Gasteiger partial charge in [-0.1, -0.05) is 26.0 Å². The zero-order valence-corrected chi connectivity index (χ0v) is 13.5. The molecule has 1 aliphatic heterocycles. The summed E-state index contributed by atoms with van der Waals surface area (Å²) in [6, 6.07) is 5.41. The van der Waals surface area contributed by atoms with Gasteiger partial charge in [0.15, 0.2) is 9.84 Å². The molecule has 0 aliphatic carbocycles. The number of aliphatic hydroxyl groups excluding tert-OH is 1. The minimum atomic E-state index is -3.84. The number of aliphatic hydroxyl groups is 1. The van der Waals surface area contributed by atoms with Crippen LogP contribution in [0, 0.1) is 0 Å². The Kier molecular flexibility index (Phi) is 4.44. The van der Waals surface area contributed by atoms with E-state index in [-0.39, 0.29) is 16.6 Å². The van der Waals surface area contributed by atoms with Crippen LogP contribution in [0.25, 0.3) is 0 Å². The van der Waals surface area contributed by atoms with Gasteiger partial charge in [-0.05, 0) is 23.6 Å². The molecule has 0 bridgehead atoms. The standard InChI is InChI=1S/C13H19NO5S2/c1-9(2)10-3-5-11(6-4-10)21(18,19)14-12-7-20(16,17)8-13(12)15/h3-6,9,12-15H,7-8H2,1-2H3/t12-,13-/m1/s1. The van der Waals surface area contributed by atoms with Crippen molar-refractivity contribution >= 4 is 19.9 Å². The Bertz CT molecular complexity index is 707. The van der Waals surface area contributed by atoms with Crippen LogP contribution in [0.15, 0.2) is 29.2 Å². The van der Waals surface area contributed by atoms with Gasteiger partial charge in [-0.15, -0.1) is 0 Å². The number of sulfonamides is 1. The average molecular weight is 333 g/mol. The first-order valence-corrected chi connectivity index (χ1v) is 9.92. The Labute approximate surface area is 125 Å². The van der Waals surface area contributed by atoms with Crippen LogP contribution < -0.4 is 4.72 Å². The molecule has 1 fully saturated rings. The molecule has 1 aliphatic rings. The van der Waals surface area contributed by atoms with Crippen molar-refractivity contribution in [1.82, 2.24) is 4.72 Å². The maximum Gasteiger partial charge on any atom is 0.240 e. The molecule has 1 heterocycles. The van der Waals surface area contributed by atoms with Crippen molar-refractivity contribution in [2.24, 2.45) is 0 Å². The molecular weight excluding hydrogens is 314 g/mol. The fraction of sp³-hybridized carbons (Fsp3) is 0.538. The molecule has 1 aromatic rings. The van der Waals surface area contributed by atoms with Crippen LogP contribution in [0.2, 0.25) is 0 Å². The molecule has 1 aromatic carbocycles. The van der Waals surface area contributed by atoms with E-state index < -0.39 is 37.8 Å². The second kappa shape index (κ2) is 5.68. The van der Waals surface area contributed by atoms with Gasteiger partial charge in [0.05, 0.1) is 28.5 Å². The minimum Gasteiger partial charge on any atom is -0.390 e. The first-order valence-electron chi connectivity index (χ1n) is 6.61. The topological polar surface area (TPSA) is 101 Å². The highest BCUT2D eigenvalue weighted by atomic mass is 32.2. The van der Waals surface area contributed by atoms with Gasteiger partial charge in [0.2, 0.25) is 10.0 Å². The van der Waals surface area contributed by atoms with Crippen LogP contribution in [0.1, 0.15) is 25.3 Å². The molecule has 6 nitrogen and oxygen atoms in total. The normalized spacial score (nSPS) is 25.3. The Morgan fingerprint density at radius 3 is 2.19 bits per heavy atom. The van der Waals surface area contributed by atoms with E-state index in [1.165, 1.54) is 12.1 Å². The highest BCUT2D eigenvalue weighted by molar-refractivity contribution is 7.92. The number of sulfone groups is 1. The summed E-state index contributed by atoms with van der Waals surface area (Å²) in [5.74, 6) is -0.499. The van der Waals surface area contributed by atoms with Gasteiger partial charge in [0, 0.05) is 0 Å². The zero-order chi connectivity index (χ0) is 15.8. The van der Waals surface area contributed by atoms with Crippen LogP contribution in [0.5, 0.6) is 0 Å². The first-order chi connectivity index (χ1) is 9.61. The van der Waals surface area contributed by atoms with Crippen molar-refractivity contribution in [1.29, 1.82) is 0 Å². The van der Waals surface area contributed by atoms with Gasteiger partial charge in [0.25, 0.3) is 0 Å². The molecule has 0 amide bonds. The third-order valence-electron chi connectivity index (χ3n) is 3.49.